The van der Waals surface area contributed by atoms with Crippen LogP contribution >= 0.6 is 12.1 Å². The first-order chi connectivity index (χ1) is 12.7. The Labute approximate surface area is 167 Å². The first-order valence-corrected chi connectivity index (χ1v) is 11.1. The molecule has 0 aliphatic carbocycles. The number of hydrogen-bond donors (Lipinski definition) is 0. The van der Waals surface area contributed by atoms with Crippen LogP contribution in [0.2, 0.25) is 0 Å². The SMILES string of the molecule is Cc1ccc(N=CN(C)SN(C(C)C)S(=O)(=O)Cc2ccccc2)c(C)c1. The highest BCUT2D eigenvalue weighted by molar-refractivity contribution is 8.07. The Bertz CT molecular complexity index is 881. The molecule has 0 unspecified atom stereocenters. The fourth-order valence-electron chi connectivity index (χ4n) is 2.56. The summed E-state index contributed by atoms with van der Waals surface area (Å²) < 4.78 is 28.9. The summed E-state index contributed by atoms with van der Waals surface area (Å²) in [6, 6.07) is 15.1. The van der Waals surface area contributed by atoms with Crippen molar-refractivity contribution in [1.82, 2.24) is 8.02 Å². The molecule has 146 valence electrons. The van der Waals surface area contributed by atoms with E-state index in [0.29, 0.717) is 0 Å². The highest BCUT2D eigenvalue weighted by Crippen LogP contribution is 2.25. The van der Waals surface area contributed by atoms with E-state index in [1.54, 1.807) is 17.7 Å². The van der Waals surface area contributed by atoms with E-state index in [-0.39, 0.29) is 11.8 Å². The van der Waals surface area contributed by atoms with Crippen LogP contribution in [0, 0.1) is 13.8 Å². The number of aryl methyl sites for hydroxylation is 2. The molecule has 0 aliphatic rings. The number of benzene rings is 2. The molecular formula is C20H27N3O2S2. The molecule has 0 fully saturated rings. The van der Waals surface area contributed by atoms with E-state index in [2.05, 4.69) is 11.1 Å². The van der Waals surface area contributed by atoms with Crippen molar-refractivity contribution < 1.29 is 8.42 Å². The summed E-state index contributed by atoms with van der Waals surface area (Å²) in [5, 5.41) is 0. The Morgan fingerprint density at radius 2 is 1.78 bits per heavy atom. The molecule has 27 heavy (non-hydrogen) atoms. The molecule has 0 aromatic heterocycles. The van der Waals surface area contributed by atoms with Crippen LogP contribution in [0.5, 0.6) is 0 Å². The second-order valence-corrected chi connectivity index (χ2v) is 9.96. The van der Waals surface area contributed by atoms with Crippen LogP contribution in [-0.2, 0) is 15.8 Å². The summed E-state index contributed by atoms with van der Waals surface area (Å²) in [4.78, 5) is 4.48. The zero-order chi connectivity index (χ0) is 20.0. The van der Waals surface area contributed by atoms with Gasteiger partial charge in [-0.1, -0.05) is 48.0 Å². The Balaban J connectivity index is 2.11. The average molecular weight is 406 g/mol. The lowest BCUT2D eigenvalue weighted by Gasteiger charge is -2.27. The van der Waals surface area contributed by atoms with Crippen LogP contribution in [0.25, 0.3) is 0 Å². The van der Waals surface area contributed by atoms with Crippen molar-refractivity contribution >= 4 is 34.2 Å². The highest BCUT2D eigenvalue weighted by Gasteiger charge is 2.27. The van der Waals surface area contributed by atoms with Crippen LogP contribution in [0.15, 0.2) is 53.5 Å². The van der Waals surface area contributed by atoms with Crippen molar-refractivity contribution in [2.75, 3.05) is 7.05 Å². The Morgan fingerprint density at radius 3 is 2.37 bits per heavy atom. The summed E-state index contributed by atoms with van der Waals surface area (Å²) in [5.41, 5.74) is 3.92. The minimum atomic E-state index is -3.47. The molecule has 0 heterocycles. The maximum absolute atomic E-state index is 12.9. The molecule has 0 aliphatic heterocycles. The Kier molecular flexibility index (Phi) is 7.47. The number of aliphatic imine (C=N–C) groups is 1. The Morgan fingerprint density at radius 1 is 1.11 bits per heavy atom. The third kappa shape index (κ3) is 6.37. The molecule has 0 spiro atoms. The zero-order valence-electron chi connectivity index (χ0n) is 16.5. The lowest BCUT2D eigenvalue weighted by molar-refractivity contribution is 0.494. The largest absolute Gasteiger partial charge is 0.296 e. The van der Waals surface area contributed by atoms with E-state index in [0.717, 1.165) is 28.9 Å². The second-order valence-electron chi connectivity index (χ2n) is 6.75. The third-order valence-corrected chi connectivity index (χ3v) is 7.29. The highest BCUT2D eigenvalue weighted by atomic mass is 32.3. The molecule has 2 aromatic carbocycles. The van der Waals surface area contributed by atoms with Gasteiger partial charge >= 0.3 is 0 Å². The van der Waals surface area contributed by atoms with Crippen molar-refractivity contribution in [3.8, 4) is 0 Å². The lowest BCUT2D eigenvalue weighted by Crippen LogP contribution is -2.34. The van der Waals surface area contributed by atoms with Gasteiger partial charge in [-0.15, -0.1) is 3.71 Å². The van der Waals surface area contributed by atoms with Gasteiger partial charge in [-0.2, -0.15) is 0 Å². The van der Waals surface area contributed by atoms with Crippen LogP contribution in [0.1, 0.15) is 30.5 Å². The third-order valence-electron chi connectivity index (χ3n) is 3.81. The lowest BCUT2D eigenvalue weighted by atomic mass is 10.1. The molecule has 0 saturated carbocycles. The topological polar surface area (TPSA) is 53.0 Å². The fraction of sp³-hybridized carbons (Fsp3) is 0.350. The van der Waals surface area contributed by atoms with Crippen molar-refractivity contribution in [3.05, 3.63) is 65.2 Å². The van der Waals surface area contributed by atoms with Gasteiger partial charge in [-0.3, -0.25) is 4.31 Å². The summed E-state index contributed by atoms with van der Waals surface area (Å²) >= 11 is 1.14. The molecule has 0 N–H and O–H groups in total. The van der Waals surface area contributed by atoms with Crippen molar-refractivity contribution in [2.45, 2.75) is 39.5 Å². The van der Waals surface area contributed by atoms with Crippen molar-refractivity contribution in [1.29, 1.82) is 0 Å². The predicted octanol–water partition coefficient (Wildman–Crippen LogP) is 4.70. The number of hydrogen-bond acceptors (Lipinski definition) is 4. The van der Waals surface area contributed by atoms with Gasteiger partial charge in [0, 0.05) is 13.1 Å². The zero-order valence-corrected chi connectivity index (χ0v) is 18.1. The molecular weight excluding hydrogens is 378 g/mol. The van der Waals surface area contributed by atoms with Gasteiger partial charge in [0.1, 0.15) is 6.34 Å². The molecule has 0 amide bonds. The van der Waals surface area contributed by atoms with Gasteiger partial charge in [-0.25, -0.2) is 13.4 Å². The summed E-state index contributed by atoms with van der Waals surface area (Å²) in [7, 11) is -1.68. The van der Waals surface area contributed by atoms with Crippen molar-refractivity contribution in [2.24, 2.45) is 4.99 Å². The van der Waals surface area contributed by atoms with E-state index in [4.69, 9.17) is 0 Å². The van der Waals surface area contributed by atoms with Gasteiger partial charge in [0.2, 0.25) is 10.0 Å². The quantitative estimate of drug-likeness (QED) is 0.363. The minimum Gasteiger partial charge on any atom is -0.296 e. The monoisotopic (exact) mass is 405 g/mol. The normalized spacial score (nSPS) is 12.3. The van der Waals surface area contributed by atoms with E-state index in [9.17, 15) is 8.42 Å². The molecule has 5 nitrogen and oxygen atoms in total. The molecule has 0 saturated heterocycles. The summed E-state index contributed by atoms with van der Waals surface area (Å²) in [6.07, 6.45) is 1.65. The van der Waals surface area contributed by atoms with Gasteiger partial charge < -0.3 is 0 Å². The number of rotatable bonds is 8. The first-order valence-electron chi connectivity index (χ1n) is 8.77. The number of sulfonamides is 1. The van der Waals surface area contributed by atoms with Gasteiger partial charge in [0.25, 0.3) is 0 Å². The standard InChI is InChI=1S/C20H27N3O2S2/c1-16(2)23(27(24,25)14-19-9-7-6-8-10-19)26-22(5)15-21-20-12-11-17(3)13-18(20)4/h6-13,15-16H,14H2,1-5H3. The van der Waals surface area contributed by atoms with Gasteiger partial charge in [-0.05, 0) is 44.9 Å². The summed E-state index contributed by atoms with van der Waals surface area (Å²) in [6.45, 7) is 7.79. The maximum atomic E-state index is 12.9. The minimum absolute atomic E-state index is 0.0267. The van der Waals surface area contributed by atoms with E-state index >= 15 is 0 Å². The van der Waals surface area contributed by atoms with Crippen LogP contribution in [0.4, 0.5) is 5.69 Å². The molecule has 0 bridgehead atoms. The molecule has 7 heteroatoms. The van der Waals surface area contributed by atoms with E-state index < -0.39 is 10.0 Å². The molecule has 2 aromatic rings. The summed E-state index contributed by atoms with van der Waals surface area (Å²) in [5.74, 6) is -0.0267. The van der Waals surface area contributed by atoms with Gasteiger partial charge in [0.15, 0.2) is 0 Å². The van der Waals surface area contributed by atoms with Crippen LogP contribution in [0.3, 0.4) is 0 Å². The van der Waals surface area contributed by atoms with Crippen molar-refractivity contribution in [3.63, 3.8) is 0 Å². The molecule has 0 atom stereocenters. The molecule has 0 radical (unpaired) electrons. The average Bonchev–Trinajstić information content (AvgIpc) is 2.59. The second kappa shape index (κ2) is 9.39. The fourth-order valence-corrected chi connectivity index (χ4v) is 5.35. The van der Waals surface area contributed by atoms with E-state index in [1.165, 1.54) is 9.27 Å². The number of nitrogens with zero attached hydrogens (tertiary/aromatic N) is 3. The smallest absolute Gasteiger partial charge is 0.229 e. The predicted molar refractivity (Wildman–Crippen MR) is 115 cm³/mol. The van der Waals surface area contributed by atoms with Gasteiger partial charge in [0.05, 0.1) is 23.6 Å². The Hall–Kier alpha value is -1.83. The first kappa shape index (κ1) is 21.5. The van der Waals surface area contributed by atoms with E-state index in [1.807, 2.05) is 70.2 Å². The molecule has 2 rings (SSSR count). The maximum Gasteiger partial charge on any atom is 0.229 e. The van der Waals surface area contributed by atoms with Crippen LogP contribution < -0.4 is 0 Å². The van der Waals surface area contributed by atoms with Crippen LogP contribution in [-0.4, -0.2) is 35.9 Å².